The molecule has 0 saturated heterocycles. The maximum Gasteiger partial charge on any atom is 0.229 e. The average Bonchev–Trinajstić information content (AvgIpc) is 3.64. The first-order valence-corrected chi connectivity index (χ1v) is 14.3. The maximum absolute atomic E-state index is 6.22. The van der Waals surface area contributed by atoms with E-state index in [1.165, 1.54) is 11.1 Å². The van der Waals surface area contributed by atoms with Gasteiger partial charge in [0.25, 0.3) is 0 Å². The van der Waals surface area contributed by atoms with Crippen molar-refractivity contribution in [1.82, 2.24) is 9.97 Å². The summed E-state index contributed by atoms with van der Waals surface area (Å²) < 4.78 is 12.4. The normalized spacial score (nSPS) is 11.7. The summed E-state index contributed by atoms with van der Waals surface area (Å²) in [6.07, 6.45) is 1.80. The van der Waals surface area contributed by atoms with Crippen LogP contribution in [0.25, 0.3) is 66.0 Å². The Morgan fingerprint density at radius 1 is 0.488 bits per heavy atom. The number of nitrogens with zero attached hydrogens (tertiary/aromatic N) is 3. The molecule has 0 N–H and O–H groups in total. The van der Waals surface area contributed by atoms with Crippen LogP contribution in [-0.4, -0.2) is 9.97 Å². The molecule has 0 aliphatic heterocycles. The first-order valence-electron chi connectivity index (χ1n) is 14.3. The molecule has 0 fully saturated rings. The number of benzene rings is 5. The van der Waals surface area contributed by atoms with Crippen LogP contribution in [0.3, 0.4) is 0 Å². The van der Waals surface area contributed by atoms with E-state index in [-0.39, 0.29) is 0 Å². The predicted molar refractivity (Wildman–Crippen MR) is 174 cm³/mol. The lowest BCUT2D eigenvalue weighted by molar-refractivity contribution is 0.654. The molecule has 4 aromatic heterocycles. The van der Waals surface area contributed by atoms with Crippen LogP contribution in [0.5, 0.6) is 0 Å². The molecule has 4 heterocycles. The first-order chi connectivity index (χ1) is 21.3. The van der Waals surface area contributed by atoms with Crippen LogP contribution in [0.15, 0.2) is 148 Å². The van der Waals surface area contributed by atoms with E-state index >= 15 is 0 Å². The Bertz CT molecular complexity index is 2480. The molecule has 0 spiro atoms. The minimum absolute atomic E-state index is 0.587. The van der Waals surface area contributed by atoms with E-state index in [2.05, 4.69) is 82.7 Å². The first kappa shape index (κ1) is 23.7. The summed E-state index contributed by atoms with van der Waals surface area (Å²) in [7, 11) is 0. The molecule has 0 saturated carbocycles. The van der Waals surface area contributed by atoms with Gasteiger partial charge in [-0.05, 0) is 59.0 Å². The number of hydrogen-bond donors (Lipinski definition) is 0. The van der Waals surface area contributed by atoms with Crippen LogP contribution in [-0.2, 0) is 0 Å². The van der Waals surface area contributed by atoms with Crippen molar-refractivity contribution in [3.63, 3.8) is 0 Å². The van der Waals surface area contributed by atoms with Crippen LogP contribution in [0.4, 0.5) is 17.2 Å². The number of para-hydroxylation sites is 2. The summed E-state index contributed by atoms with van der Waals surface area (Å²) in [6.45, 7) is 0. The van der Waals surface area contributed by atoms with Crippen molar-refractivity contribution in [1.29, 1.82) is 0 Å². The van der Waals surface area contributed by atoms with Crippen LogP contribution >= 0.6 is 0 Å². The van der Waals surface area contributed by atoms with Crippen LogP contribution in [0, 0.1) is 0 Å². The molecule has 0 atom stereocenters. The smallest absolute Gasteiger partial charge is 0.229 e. The molecule has 0 aliphatic carbocycles. The van der Waals surface area contributed by atoms with Gasteiger partial charge in [-0.1, -0.05) is 91.0 Å². The zero-order chi connectivity index (χ0) is 28.3. The number of anilines is 3. The summed E-state index contributed by atoms with van der Waals surface area (Å²) in [5.74, 6) is 0.773. The topological polar surface area (TPSA) is 55.3 Å². The molecule has 0 bridgehead atoms. The quantitative estimate of drug-likeness (QED) is 0.217. The minimum atomic E-state index is 0.587. The zero-order valence-corrected chi connectivity index (χ0v) is 22.9. The van der Waals surface area contributed by atoms with E-state index in [4.69, 9.17) is 13.8 Å². The lowest BCUT2D eigenvalue weighted by Gasteiger charge is -2.27. The van der Waals surface area contributed by atoms with Crippen molar-refractivity contribution in [2.45, 2.75) is 0 Å². The van der Waals surface area contributed by atoms with Crippen molar-refractivity contribution in [3.8, 4) is 11.1 Å². The van der Waals surface area contributed by atoms with Gasteiger partial charge in [0.15, 0.2) is 5.58 Å². The van der Waals surface area contributed by atoms with Crippen molar-refractivity contribution in [2.75, 3.05) is 4.90 Å². The third-order valence-electron chi connectivity index (χ3n) is 8.16. The van der Waals surface area contributed by atoms with Gasteiger partial charge in [-0.3, -0.25) is 4.90 Å². The van der Waals surface area contributed by atoms with E-state index in [9.17, 15) is 0 Å². The number of hydrogen-bond acceptors (Lipinski definition) is 5. The van der Waals surface area contributed by atoms with Crippen LogP contribution in [0.1, 0.15) is 0 Å². The fraction of sp³-hybridized carbons (Fsp3) is 0. The fourth-order valence-electron chi connectivity index (χ4n) is 6.25. The van der Waals surface area contributed by atoms with Crippen LogP contribution in [0.2, 0.25) is 0 Å². The Labute approximate surface area is 246 Å². The monoisotopic (exact) mass is 553 g/mol. The third kappa shape index (κ3) is 3.65. The molecule has 0 unspecified atom stereocenters. The molecule has 5 heteroatoms. The van der Waals surface area contributed by atoms with Gasteiger partial charge in [0.05, 0.1) is 16.8 Å². The zero-order valence-electron chi connectivity index (χ0n) is 22.9. The van der Waals surface area contributed by atoms with Crippen LogP contribution < -0.4 is 4.90 Å². The third-order valence-corrected chi connectivity index (χ3v) is 8.16. The lowest BCUT2D eigenvalue weighted by Crippen LogP contribution is -2.12. The molecular weight excluding hydrogens is 530 g/mol. The second kappa shape index (κ2) is 9.29. The summed E-state index contributed by atoms with van der Waals surface area (Å²) in [5.41, 5.74) is 8.08. The van der Waals surface area contributed by atoms with Gasteiger partial charge in [-0.2, -0.15) is 0 Å². The standard InChI is InChI=1S/C38H23N3O2/c1-2-10-24(11-3-1)25-18-19-30(27-13-5-4-12-26(25)27)41(31-22-23-39-38-36(31)28-14-6-8-16-32(28)43-38)35-21-20-34-37(40-35)29-15-7-9-17-33(29)42-34/h1-23H. The van der Waals surface area contributed by atoms with E-state index in [0.717, 1.165) is 66.4 Å². The van der Waals surface area contributed by atoms with Gasteiger partial charge >= 0.3 is 0 Å². The van der Waals surface area contributed by atoms with Gasteiger partial charge in [0.2, 0.25) is 5.71 Å². The second-order valence-corrected chi connectivity index (χ2v) is 10.6. The molecule has 9 aromatic rings. The van der Waals surface area contributed by atoms with Gasteiger partial charge in [0.1, 0.15) is 22.5 Å². The molecule has 0 aliphatic rings. The molecule has 202 valence electrons. The molecular formula is C38H23N3O2. The Morgan fingerprint density at radius 3 is 2.02 bits per heavy atom. The molecule has 0 amide bonds. The number of aromatic nitrogens is 2. The minimum Gasteiger partial charge on any atom is -0.454 e. The summed E-state index contributed by atoms with van der Waals surface area (Å²) in [5, 5.41) is 5.20. The highest BCUT2D eigenvalue weighted by molar-refractivity contribution is 6.14. The molecule has 43 heavy (non-hydrogen) atoms. The van der Waals surface area contributed by atoms with Gasteiger partial charge in [-0.25, -0.2) is 9.97 Å². The van der Waals surface area contributed by atoms with Gasteiger partial charge in [-0.15, -0.1) is 0 Å². The van der Waals surface area contributed by atoms with E-state index in [1.807, 2.05) is 60.7 Å². The van der Waals surface area contributed by atoms with Crippen molar-refractivity contribution >= 4 is 72.1 Å². The van der Waals surface area contributed by atoms with Crippen molar-refractivity contribution in [3.05, 3.63) is 140 Å². The SMILES string of the molecule is c1ccc(-c2ccc(N(c3ccc4oc5ccccc5c4n3)c3ccnc4oc5ccccc5c34)c3ccccc23)cc1. The fourth-order valence-corrected chi connectivity index (χ4v) is 6.25. The van der Waals surface area contributed by atoms with E-state index in [1.54, 1.807) is 6.20 Å². The Balaban J connectivity index is 1.38. The summed E-state index contributed by atoms with van der Waals surface area (Å²) in [6, 6.07) is 45.7. The molecule has 9 rings (SSSR count). The average molecular weight is 554 g/mol. The highest BCUT2D eigenvalue weighted by Gasteiger charge is 2.24. The number of fused-ring (bicyclic) bond motifs is 7. The highest BCUT2D eigenvalue weighted by Crippen LogP contribution is 2.45. The largest absolute Gasteiger partial charge is 0.454 e. The summed E-state index contributed by atoms with van der Waals surface area (Å²) >= 11 is 0. The highest BCUT2D eigenvalue weighted by atomic mass is 16.3. The van der Waals surface area contributed by atoms with Crippen molar-refractivity contribution < 1.29 is 8.83 Å². The lowest BCUT2D eigenvalue weighted by atomic mass is 9.96. The van der Waals surface area contributed by atoms with Crippen molar-refractivity contribution in [2.24, 2.45) is 0 Å². The second-order valence-electron chi connectivity index (χ2n) is 10.6. The van der Waals surface area contributed by atoms with E-state index < -0.39 is 0 Å². The molecule has 5 nitrogen and oxygen atoms in total. The number of rotatable bonds is 4. The Morgan fingerprint density at radius 2 is 1.19 bits per heavy atom. The predicted octanol–water partition coefficient (Wildman–Crippen LogP) is 10.6. The number of pyridine rings is 2. The number of furan rings is 2. The Hall–Kier alpha value is -5.94. The molecule has 5 aromatic carbocycles. The van der Waals surface area contributed by atoms with Gasteiger partial charge in [0, 0.05) is 22.4 Å². The van der Waals surface area contributed by atoms with E-state index in [0.29, 0.717) is 5.71 Å². The molecule has 0 radical (unpaired) electrons. The summed E-state index contributed by atoms with van der Waals surface area (Å²) in [4.78, 5) is 12.1. The Kier molecular flexibility index (Phi) is 5.13. The van der Waals surface area contributed by atoms with Gasteiger partial charge < -0.3 is 8.83 Å². The maximum atomic E-state index is 6.22.